The Morgan fingerprint density at radius 1 is 1.41 bits per heavy atom. The molecule has 1 rings (SSSR count). The lowest BCUT2D eigenvalue weighted by molar-refractivity contribution is 0.213. The van der Waals surface area contributed by atoms with Crippen LogP contribution in [0.1, 0.15) is 38.3 Å². The highest BCUT2D eigenvalue weighted by Gasteiger charge is 2.11. The maximum absolute atomic E-state index is 8.79. The first-order valence-electron chi connectivity index (χ1n) is 6.01. The van der Waals surface area contributed by atoms with Crippen LogP contribution in [0.4, 0.5) is 0 Å². The highest BCUT2D eigenvalue weighted by atomic mass is 35.5. The molecule has 0 radical (unpaired) electrons. The van der Waals surface area contributed by atoms with E-state index in [1.165, 1.54) is 0 Å². The zero-order valence-corrected chi connectivity index (χ0v) is 11.5. The second kappa shape index (κ2) is 6.64. The Morgan fingerprint density at radius 2 is 2.12 bits per heavy atom. The summed E-state index contributed by atoms with van der Waals surface area (Å²) in [4.78, 5) is 2.38. The highest BCUT2D eigenvalue weighted by molar-refractivity contribution is 6.31. The quantitative estimate of drug-likeness (QED) is 0.794. The van der Waals surface area contributed by atoms with Crippen molar-refractivity contribution in [2.45, 2.75) is 39.8 Å². The summed E-state index contributed by atoms with van der Waals surface area (Å²) in [5.74, 6) is 0. The Balaban J connectivity index is 2.83. The van der Waals surface area contributed by atoms with Gasteiger partial charge in [0, 0.05) is 17.6 Å². The number of nitriles is 1. The molecule has 0 aliphatic heterocycles. The van der Waals surface area contributed by atoms with Crippen LogP contribution < -0.4 is 0 Å². The molecule has 0 atom stereocenters. The van der Waals surface area contributed by atoms with Crippen molar-refractivity contribution in [2.24, 2.45) is 0 Å². The lowest BCUT2D eigenvalue weighted by Crippen LogP contribution is -2.31. The molecule has 0 bridgehead atoms. The van der Waals surface area contributed by atoms with Gasteiger partial charge >= 0.3 is 0 Å². The van der Waals surface area contributed by atoms with Gasteiger partial charge in [0.1, 0.15) is 0 Å². The molecule has 0 saturated heterocycles. The fraction of sp³-hybridized carbons (Fsp3) is 0.500. The van der Waals surface area contributed by atoms with Crippen LogP contribution >= 0.6 is 11.6 Å². The van der Waals surface area contributed by atoms with E-state index in [1.807, 2.05) is 12.1 Å². The Bertz CT molecular complexity index is 407. The predicted molar refractivity (Wildman–Crippen MR) is 72.0 cm³/mol. The van der Waals surface area contributed by atoms with E-state index in [4.69, 9.17) is 16.9 Å². The van der Waals surface area contributed by atoms with E-state index >= 15 is 0 Å². The maximum atomic E-state index is 8.79. The van der Waals surface area contributed by atoms with E-state index in [0.717, 1.165) is 25.1 Å². The number of rotatable bonds is 5. The third-order valence-electron chi connectivity index (χ3n) is 2.80. The monoisotopic (exact) mass is 250 g/mol. The number of benzene rings is 1. The number of halogens is 1. The van der Waals surface area contributed by atoms with Gasteiger partial charge in [0.15, 0.2) is 0 Å². The van der Waals surface area contributed by atoms with Gasteiger partial charge in [-0.1, -0.05) is 24.6 Å². The van der Waals surface area contributed by atoms with Crippen LogP contribution in [-0.2, 0) is 6.54 Å². The molecule has 0 saturated carbocycles. The van der Waals surface area contributed by atoms with E-state index < -0.39 is 0 Å². The standard InChI is InChI=1S/C14H19ClN2/c1-4-7-17(11(2)3)10-13-6-5-12(9-16)8-14(13)15/h5-6,8,11H,4,7,10H2,1-3H3. The van der Waals surface area contributed by atoms with Crippen molar-refractivity contribution in [3.63, 3.8) is 0 Å². The van der Waals surface area contributed by atoms with E-state index in [1.54, 1.807) is 6.07 Å². The van der Waals surface area contributed by atoms with Crippen LogP contribution in [0.15, 0.2) is 18.2 Å². The molecule has 2 nitrogen and oxygen atoms in total. The lowest BCUT2D eigenvalue weighted by atomic mass is 10.1. The molecule has 0 fully saturated rings. The lowest BCUT2D eigenvalue weighted by Gasteiger charge is -2.26. The Labute approximate surface area is 109 Å². The van der Waals surface area contributed by atoms with E-state index in [-0.39, 0.29) is 0 Å². The molecule has 17 heavy (non-hydrogen) atoms. The first-order chi connectivity index (χ1) is 8.08. The van der Waals surface area contributed by atoms with Crippen molar-refractivity contribution in [3.8, 4) is 6.07 Å². The summed E-state index contributed by atoms with van der Waals surface area (Å²) in [7, 11) is 0. The Morgan fingerprint density at radius 3 is 2.59 bits per heavy atom. The third kappa shape index (κ3) is 4.03. The number of hydrogen-bond donors (Lipinski definition) is 0. The van der Waals surface area contributed by atoms with Crippen molar-refractivity contribution in [3.05, 3.63) is 34.3 Å². The Hall–Kier alpha value is -1.04. The summed E-state index contributed by atoms with van der Waals surface area (Å²) >= 11 is 6.18. The molecule has 0 aliphatic rings. The molecule has 1 aromatic carbocycles. The molecular formula is C14H19ClN2. The van der Waals surface area contributed by atoms with E-state index in [0.29, 0.717) is 16.6 Å². The van der Waals surface area contributed by atoms with Crippen LogP contribution in [0.5, 0.6) is 0 Å². The van der Waals surface area contributed by atoms with Gasteiger partial charge in [-0.05, 0) is 44.5 Å². The molecule has 0 aliphatic carbocycles. The molecule has 0 amide bonds. The largest absolute Gasteiger partial charge is 0.297 e. The van der Waals surface area contributed by atoms with Gasteiger partial charge < -0.3 is 0 Å². The number of nitrogens with zero attached hydrogens (tertiary/aromatic N) is 2. The second-order valence-electron chi connectivity index (χ2n) is 4.48. The summed E-state index contributed by atoms with van der Waals surface area (Å²) < 4.78 is 0. The van der Waals surface area contributed by atoms with Gasteiger partial charge in [0.25, 0.3) is 0 Å². The molecular weight excluding hydrogens is 232 g/mol. The van der Waals surface area contributed by atoms with Crippen molar-refractivity contribution in [2.75, 3.05) is 6.54 Å². The normalized spacial score (nSPS) is 10.9. The topological polar surface area (TPSA) is 27.0 Å². The smallest absolute Gasteiger partial charge is 0.0992 e. The number of hydrogen-bond acceptors (Lipinski definition) is 2. The van der Waals surface area contributed by atoms with Crippen LogP contribution in [0.2, 0.25) is 5.02 Å². The van der Waals surface area contributed by atoms with Crippen LogP contribution in [0, 0.1) is 11.3 Å². The molecule has 3 heteroatoms. The summed E-state index contributed by atoms with van der Waals surface area (Å²) in [6.07, 6.45) is 1.13. The highest BCUT2D eigenvalue weighted by Crippen LogP contribution is 2.20. The minimum atomic E-state index is 0.502. The van der Waals surface area contributed by atoms with Crippen LogP contribution in [-0.4, -0.2) is 17.5 Å². The maximum Gasteiger partial charge on any atom is 0.0992 e. The summed E-state index contributed by atoms with van der Waals surface area (Å²) in [6.45, 7) is 8.46. The molecule has 92 valence electrons. The van der Waals surface area contributed by atoms with Gasteiger partial charge in [-0.15, -0.1) is 0 Å². The van der Waals surface area contributed by atoms with Crippen LogP contribution in [0.3, 0.4) is 0 Å². The van der Waals surface area contributed by atoms with E-state index in [2.05, 4.69) is 31.7 Å². The van der Waals surface area contributed by atoms with Gasteiger partial charge in [0.05, 0.1) is 11.6 Å². The van der Waals surface area contributed by atoms with Crippen molar-refractivity contribution >= 4 is 11.6 Å². The minimum Gasteiger partial charge on any atom is -0.297 e. The van der Waals surface area contributed by atoms with Crippen LogP contribution in [0.25, 0.3) is 0 Å². The summed E-state index contributed by atoms with van der Waals surface area (Å²) in [5, 5.41) is 9.47. The van der Waals surface area contributed by atoms with Gasteiger partial charge in [0.2, 0.25) is 0 Å². The van der Waals surface area contributed by atoms with Gasteiger partial charge in [-0.3, -0.25) is 4.90 Å². The molecule has 0 aromatic heterocycles. The van der Waals surface area contributed by atoms with Crippen molar-refractivity contribution < 1.29 is 0 Å². The zero-order valence-electron chi connectivity index (χ0n) is 10.7. The van der Waals surface area contributed by atoms with Gasteiger partial charge in [-0.25, -0.2) is 0 Å². The average Bonchev–Trinajstić information content (AvgIpc) is 2.30. The minimum absolute atomic E-state index is 0.502. The first-order valence-corrected chi connectivity index (χ1v) is 6.38. The SMILES string of the molecule is CCCN(Cc1ccc(C#N)cc1Cl)C(C)C. The van der Waals surface area contributed by atoms with Gasteiger partial charge in [-0.2, -0.15) is 5.26 Å². The Kier molecular flexibility index (Phi) is 5.47. The van der Waals surface area contributed by atoms with E-state index in [9.17, 15) is 0 Å². The molecule has 1 aromatic rings. The molecule has 0 heterocycles. The third-order valence-corrected chi connectivity index (χ3v) is 3.15. The average molecular weight is 251 g/mol. The molecule has 0 N–H and O–H groups in total. The summed E-state index contributed by atoms with van der Waals surface area (Å²) in [5.41, 5.74) is 1.71. The zero-order chi connectivity index (χ0) is 12.8. The second-order valence-corrected chi connectivity index (χ2v) is 4.89. The predicted octanol–water partition coefficient (Wildman–Crippen LogP) is 3.83. The summed E-state index contributed by atoms with van der Waals surface area (Å²) in [6, 6.07) is 8.11. The van der Waals surface area contributed by atoms with Crippen molar-refractivity contribution in [1.29, 1.82) is 5.26 Å². The fourth-order valence-electron chi connectivity index (χ4n) is 1.77. The molecule has 0 unspecified atom stereocenters. The molecule has 0 spiro atoms. The first kappa shape index (κ1) is 14.0. The fourth-order valence-corrected chi connectivity index (χ4v) is 2.01. The van der Waals surface area contributed by atoms with Crippen molar-refractivity contribution in [1.82, 2.24) is 4.90 Å².